The van der Waals surface area contributed by atoms with Crippen LogP contribution in [-0.2, 0) is 11.2 Å². The molecule has 0 amide bonds. The van der Waals surface area contributed by atoms with Crippen molar-refractivity contribution in [3.8, 4) is 5.75 Å². The Labute approximate surface area is 126 Å². The highest BCUT2D eigenvalue weighted by molar-refractivity contribution is 5.89. The highest BCUT2D eigenvalue weighted by Gasteiger charge is 2.21. The van der Waals surface area contributed by atoms with Crippen LogP contribution in [0.4, 0.5) is 8.78 Å². The van der Waals surface area contributed by atoms with E-state index in [4.69, 9.17) is 9.47 Å². The van der Waals surface area contributed by atoms with E-state index in [1.165, 1.54) is 7.11 Å². The molecule has 2 aromatic rings. The Balaban J connectivity index is 2.38. The lowest BCUT2D eigenvalue weighted by atomic mass is 10.0. The topological polar surface area (TPSA) is 53.3 Å². The molecule has 1 heterocycles. The zero-order valence-corrected chi connectivity index (χ0v) is 12.3. The number of benzene rings is 1. The normalized spacial score (nSPS) is 10.8. The summed E-state index contributed by atoms with van der Waals surface area (Å²) in [6.45, 7) is -1.03. The predicted octanol–water partition coefficient (Wildman–Crippen LogP) is 3.05. The minimum atomic E-state index is -2.82. The number of ether oxygens (including phenoxy) is 2. The van der Waals surface area contributed by atoms with Crippen molar-refractivity contribution in [2.24, 2.45) is 0 Å². The average Bonchev–Trinajstić information content (AvgIpc) is 2.92. The molecule has 1 aromatic carbocycles. The number of hydrogen-bond donors (Lipinski definition) is 0. The summed E-state index contributed by atoms with van der Waals surface area (Å²) >= 11 is 0. The summed E-state index contributed by atoms with van der Waals surface area (Å²) in [5, 5.41) is 3.63. The van der Waals surface area contributed by atoms with E-state index in [2.05, 4.69) is 5.10 Å². The molecule has 0 fully saturated rings. The first-order valence-corrected chi connectivity index (χ1v) is 6.72. The molecule has 0 aliphatic heterocycles. The Morgan fingerprint density at radius 2 is 2.05 bits per heavy atom. The van der Waals surface area contributed by atoms with Gasteiger partial charge in [0.15, 0.2) is 5.69 Å². The summed E-state index contributed by atoms with van der Waals surface area (Å²) < 4.78 is 36.2. The molecule has 0 aliphatic rings. The molecule has 0 spiro atoms. The lowest BCUT2D eigenvalue weighted by Gasteiger charge is -2.07. The Hall–Kier alpha value is -2.44. The molecular formula is C15H16F2N2O3. The lowest BCUT2D eigenvalue weighted by Crippen LogP contribution is -2.09. The molecule has 0 radical (unpaired) electrons. The van der Waals surface area contributed by atoms with Gasteiger partial charge in [-0.15, -0.1) is 0 Å². The number of aromatic nitrogens is 2. The van der Waals surface area contributed by atoms with E-state index in [9.17, 15) is 13.6 Å². The predicted molar refractivity (Wildman–Crippen MR) is 75.2 cm³/mol. The van der Waals surface area contributed by atoms with Crippen molar-refractivity contribution in [1.29, 1.82) is 0 Å². The SMILES string of the molecule is CCOC(=O)c1nn(C(F)F)cc1Cc1ccccc1OC. The fourth-order valence-corrected chi connectivity index (χ4v) is 2.08. The van der Waals surface area contributed by atoms with Gasteiger partial charge < -0.3 is 9.47 Å². The number of alkyl halides is 2. The third-order valence-electron chi connectivity index (χ3n) is 3.05. The third kappa shape index (κ3) is 3.41. The first kappa shape index (κ1) is 15.9. The van der Waals surface area contributed by atoms with Gasteiger partial charge in [0, 0.05) is 18.2 Å². The van der Waals surface area contributed by atoms with Crippen molar-refractivity contribution in [2.75, 3.05) is 13.7 Å². The van der Waals surface area contributed by atoms with Crippen LogP contribution in [0.15, 0.2) is 30.5 Å². The van der Waals surface area contributed by atoms with Crippen molar-refractivity contribution in [3.05, 3.63) is 47.3 Å². The number of halogens is 2. The number of para-hydroxylation sites is 1. The van der Waals surface area contributed by atoms with Crippen LogP contribution < -0.4 is 4.74 Å². The van der Waals surface area contributed by atoms with Gasteiger partial charge in [-0.2, -0.15) is 13.9 Å². The summed E-state index contributed by atoms with van der Waals surface area (Å²) in [5.41, 5.74) is 1.03. The number of esters is 1. The first-order chi connectivity index (χ1) is 10.6. The van der Waals surface area contributed by atoms with Gasteiger partial charge in [0.25, 0.3) is 0 Å². The maximum atomic E-state index is 12.8. The Morgan fingerprint density at radius 3 is 2.68 bits per heavy atom. The van der Waals surface area contributed by atoms with Gasteiger partial charge in [-0.3, -0.25) is 0 Å². The highest BCUT2D eigenvalue weighted by atomic mass is 19.3. The van der Waals surface area contributed by atoms with Crippen LogP contribution in [0.3, 0.4) is 0 Å². The van der Waals surface area contributed by atoms with Gasteiger partial charge in [0.1, 0.15) is 5.75 Å². The number of methoxy groups -OCH3 is 1. The maximum absolute atomic E-state index is 12.8. The zero-order chi connectivity index (χ0) is 16.1. The van der Waals surface area contributed by atoms with Crippen LogP contribution in [-0.4, -0.2) is 29.5 Å². The number of carbonyl (C=O) groups is 1. The van der Waals surface area contributed by atoms with E-state index in [1.54, 1.807) is 31.2 Å². The Bertz CT molecular complexity index is 656. The summed E-state index contributed by atoms with van der Waals surface area (Å²) in [6.07, 6.45) is 1.40. The van der Waals surface area contributed by atoms with Gasteiger partial charge in [-0.1, -0.05) is 18.2 Å². The van der Waals surface area contributed by atoms with E-state index in [0.717, 1.165) is 11.8 Å². The van der Waals surface area contributed by atoms with E-state index < -0.39 is 12.5 Å². The van der Waals surface area contributed by atoms with Gasteiger partial charge in [-0.05, 0) is 18.6 Å². The second-order valence-electron chi connectivity index (χ2n) is 4.47. The van der Waals surface area contributed by atoms with Crippen molar-refractivity contribution < 1.29 is 23.0 Å². The molecule has 2 rings (SSSR count). The molecule has 0 atom stereocenters. The standard InChI is InChI=1S/C15H16F2N2O3/c1-3-22-14(20)13-11(9-19(18-13)15(16)17)8-10-6-4-5-7-12(10)21-2/h4-7,9,15H,3,8H2,1-2H3. The smallest absolute Gasteiger partial charge is 0.359 e. The van der Waals surface area contributed by atoms with Crippen LogP contribution in [0.2, 0.25) is 0 Å². The Kier molecular flexibility index (Phi) is 5.08. The molecule has 1 aromatic heterocycles. The minimum Gasteiger partial charge on any atom is -0.496 e. The van der Waals surface area contributed by atoms with Crippen LogP contribution >= 0.6 is 0 Å². The highest BCUT2D eigenvalue weighted by Crippen LogP contribution is 2.24. The first-order valence-electron chi connectivity index (χ1n) is 6.72. The second kappa shape index (κ2) is 7.02. The molecular weight excluding hydrogens is 294 g/mol. The van der Waals surface area contributed by atoms with E-state index in [0.29, 0.717) is 16.0 Å². The summed E-state index contributed by atoms with van der Waals surface area (Å²) in [7, 11) is 1.52. The second-order valence-corrected chi connectivity index (χ2v) is 4.47. The summed E-state index contributed by atoms with van der Waals surface area (Å²) in [5.74, 6) is -0.103. The summed E-state index contributed by atoms with van der Waals surface area (Å²) in [4.78, 5) is 11.9. The molecule has 22 heavy (non-hydrogen) atoms. The molecule has 7 heteroatoms. The van der Waals surface area contributed by atoms with Crippen molar-refractivity contribution >= 4 is 5.97 Å². The Morgan fingerprint density at radius 1 is 1.32 bits per heavy atom. The number of nitrogens with zero attached hydrogens (tertiary/aromatic N) is 2. The molecule has 0 saturated heterocycles. The fourth-order valence-electron chi connectivity index (χ4n) is 2.08. The van der Waals surface area contributed by atoms with Crippen molar-refractivity contribution in [1.82, 2.24) is 9.78 Å². The van der Waals surface area contributed by atoms with Crippen molar-refractivity contribution in [2.45, 2.75) is 19.9 Å². The van der Waals surface area contributed by atoms with Gasteiger partial charge in [0.2, 0.25) is 0 Å². The number of hydrogen-bond acceptors (Lipinski definition) is 4. The third-order valence-corrected chi connectivity index (χ3v) is 3.05. The average molecular weight is 310 g/mol. The molecule has 118 valence electrons. The minimum absolute atomic E-state index is 0.104. The molecule has 0 bridgehead atoms. The molecule has 0 unspecified atom stereocenters. The zero-order valence-electron chi connectivity index (χ0n) is 12.3. The van der Waals surface area contributed by atoms with Crippen LogP contribution in [0.1, 0.15) is 35.1 Å². The molecule has 0 aliphatic carbocycles. The van der Waals surface area contributed by atoms with Crippen molar-refractivity contribution in [3.63, 3.8) is 0 Å². The van der Waals surface area contributed by atoms with E-state index in [1.807, 2.05) is 0 Å². The van der Waals surface area contributed by atoms with E-state index in [-0.39, 0.29) is 18.7 Å². The summed E-state index contributed by atoms with van der Waals surface area (Å²) in [6, 6.07) is 7.17. The lowest BCUT2D eigenvalue weighted by molar-refractivity contribution is 0.0480. The van der Waals surface area contributed by atoms with Gasteiger partial charge >= 0.3 is 12.5 Å². The number of carbonyl (C=O) groups excluding carboxylic acids is 1. The van der Waals surface area contributed by atoms with Gasteiger partial charge in [-0.25, -0.2) is 9.48 Å². The van der Waals surface area contributed by atoms with Crippen LogP contribution in [0.25, 0.3) is 0 Å². The maximum Gasteiger partial charge on any atom is 0.359 e. The molecule has 0 N–H and O–H groups in total. The monoisotopic (exact) mass is 310 g/mol. The van der Waals surface area contributed by atoms with Gasteiger partial charge in [0.05, 0.1) is 13.7 Å². The largest absolute Gasteiger partial charge is 0.496 e. The quantitative estimate of drug-likeness (QED) is 0.770. The fraction of sp³-hybridized carbons (Fsp3) is 0.333. The van der Waals surface area contributed by atoms with Crippen LogP contribution in [0.5, 0.6) is 5.75 Å². The van der Waals surface area contributed by atoms with Crippen LogP contribution in [0, 0.1) is 0 Å². The molecule has 5 nitrogen and oxygen atoms in total. The van der Waals surface area contributed by atoms with E-state index >= 15 is 0 Å². The number of rotatable bonds is 6. The molecule has 0 saturated carbocycles.